The molecule has 84 valence electrons. The van der Waals surface area contributed by atoms with Gasteiger partial charge in [0.25, 0.3) is 0 Å². The van der Waals surface area contributed by atoms with Gasteiger partial charge in [-0.15, -0.1) is 0 Å². The van der Waals surface area contributed by atoms with Gasteiger partial charge in [0.15, 0.2) is 0 Å². The average Bonchev–Trinajstić information content (AvgIpc) is 2.87. The summed E-state index contributed by atoms with van der Waals surface area (Å²) in [5.74, 6) is 0.743. The van der Waals surface area contributed by atoms with Crippen LogP contribution in [0.1, 0.15) is 19.8 Å². The smallest absolute Gasteiger partial charge is 0.0897 e. The fourth-order valence-corrected chi connectivity index (χ4v) is 1.17. The summed E-state index contributed by atoms with van der Waals surface area (Å²) in [6, 6.07) is 0. The first kappa shape index (κ1) is 11.9. The molecule has 0 saturated heterocycles. The molecule has 0 aromatic rings. The van der Waals surface area contributed by atoms with Gasteiger partial charge in [0.2, 0.25) is 0 Å². The molecule has 2 unspecified atom stereocenters. The molecule has 1 aliphatic rings. The fraction of sp³-hybridized carbons (Fsp3) is 1.00. The van der Waals surface area contributed by atoms with Crippen LogP contribution in [0.4, 0.5) is 0 Å². The number of ether oxygens (including phenoxy) is 1. The molecule has 0 aromatic heterocycles. The van der Waals surface area contributed by atoms with Gasteiger partial charge in [-0.05, 0) is 25.7 Å². The van der Waals surface area contributed by atoms with Crippen molar-refractivity contribution in [3.8, 4) is 0 Å². The monoisotopic (exact) mass is 203 g/mol. The van der Waals surface area contributed by atoms with Crippen LogP contribution in [0.2, 0.25) is 0 Å². The van der Waals surface area contributed by atoms with Gasteiger partial charge in [-0.1, -0.05) is 0 Å². The number of rotatable bonds is 8. The van der Waals surface area contributed by atoms with E-state index in [1.54, 1.807) is 6.92 Å². The zero-order valence-electron chi connectivity index (χ0n) is 8.78. The minimum absolute atomic E-state index is 0.366. The van der Waals surface area contributed by atoms with E-state index in [1.807, 2.05) is 0 Å². The zero-order chi connectivity index (χ0) is 10.4. The summed E-state index contributed by atoms with van der Waals surface area (Å²) in [7, 11) is 0. The zero-order valence-corrected chi connectivity index (χ0v) is 8.78. The lowest BCUT2D eigenvalue weighted by Gasteiger charge is -2.12. The van der Waals surface area contributed by atoms with Crippen molar-refractivity contribution in [3.05, 3.63) is 0 Å². The highest BCUT2D eigenvalue weighted by atomic mass is 16.5. The van der Waals surface area contributed by atoms with Crippen molar-refractivity contribution >= 4 is 0 Å². The summed E-state index contributed by atoms with van der Waals surface area (Å²) >= 11 is 0. The third-order valence-electron chi connectivity index (χ3n) is 2.18. The second kappa shape index (κ2) is 6.35. The molecule has 1 saturated carbocycles. The van der Waals surface area contributed by atoms with Crippen molar-refractivity contribution in [1.82, 2.24) is 5.32 Å². The van der Waals surface area contributed by atoms with Gasteiger partial charge in [0.1, 0.15) is 0 Å². The van der Waals surface area contributed by atoms with Crippen LogP contribution in [0.5, 0.6) is 0 Å². The van der Waals surface area contributed by atoms with Gasteiger partial charge >= 0.3 is 0 Å². The summed E-state index contributed by atoms with van der Waals surface area (Å²) in [6.07, 6.45) is 1.72. The number of aliphatic hydroxyl groups excluding tert-OH is 2. The van der Waals surface area contributed by atoms with Crippen molar-refractivity contribution in [2.45, 2.75) is 32.0 Å². The molecule has 0 bridgehead atoms. The van der Waals surface area contributed by atoms with Crippen molar-refractivity contribution in [2.24, 2.45) is 5.92 Å². The highest BCUT2D eigenvalue weighted by Crippen LogP contribution is 2.28. The Morgan fingerprint density at radius 1 is 1.36 bits per heavy atom. The summed E-state index contributed by atoms with van der Waals surface area (Å²) in [5, 5.41) is 21.3. The molecule has 3 N–H and O–H groups in total. The molecule has 0 spiro atoms. The lowest BCUT2D eigenvalue weighted by Crippen LogP contribution is -2.34. The number of aliphatic hydroxyl groups is 2. The van der Waals surface area contributed by atoms with Crippen LogP contribution in [0.3, 0.4) is 0 Å². The first-order chi connectivity index (χ1) is 6.68. The van der Waals surface area contributed by atoms with E-state index in [2.05, 4.69) is 5.32 Å². The lowest BCUT2D eigenvalue weighted by atomic mass is 10.3. The fourth-order valence-electron chi connectivity index (χ4n) is 1.17. The van der Waals surface area contributed by atoms with E-state index < -0.39 is 6.10 Å². The molecule has 0 aromatic carbocycles. The third-order valence-corrected chi connectivity index (χ3v) is 2.18. The SMILES string of the molecule is CC(O)CNCC(O)COCC1CC1. The molecule has 4 nitrogen and oxygen atoms in total. The molecule has 0 heterocycles. The summed E-state index contributed by atoms with van der Waals surface area (Å²) in [6.45, 7) is 3.88. The van der Waals surface area contributed by atoms with E-state index in [1.165, 1.54) is 12.8 Å². The summed E-state index contributed by atoms with van der Waals surface area (Å²) in [5.41, 5.74) is 0. The predicted octanol–water partition coefficient (Wildman–Crippen LogP) is -0.256. The normalized spacial score (nSPS) is 20.8. The predicted molar refractivity (Wildman–Crippen MR) is 54.1 cm³/mol. The Balaban J connectivity index is 1.84. The lowest BCUT2D eigenvalue weighted by molar-refractivity contribution is 0.0313. The largest absolute Gasteiger partial charge is 0.392 e. The van der Waals surface area contributed by atoms with Gasteiger partial charge in [0, 0.05) is 19.7 Å². The van der Waals surface area contributed by atoms with Gasteiger partial charge in [0.05, 0.1) is 18.8 Å². The molecule has 0 radical (unpaired) electrons. The van der Waals surface area contributed by atoms with E-state index in [0.717, 1.165) is 12.5 Å². The number of hydrogen-bond acceptors (Lipinski definition) is 4. The standard InChI is InChI=1S/C10H21NO3/c1-8(12)4-11-5-10(13)7-14-6-9-2-3-9/h8-13H,2-7H2,1H3. The first-order valence-corrected chi connectivity index (χ1v) is 5.33. The molecule has 1 fully saturated rings. The molecule has 1 rings (SSSR count). The molecule has 1 aliphatic carbocycles. The van der Waals surface area contributed by atoms with Crippen LogP contribution in [-0.4, -0.2) is 48.7 Å². The Labute approximate surface area is 85.3 Å². The highest BCUT2D eigenvalue weighted by Gasteiger charge is 2.21. The second-order valence-electron chi connectivity index (χ2n) is 4.14. The van der Waals surface area contributed by atoms with Crippen molar-refractivity contribution in [3.63, 3.8) is 0 Å². The van der Waals surface area contributed by atoms with Crippen molar-refractivity contribution in [2.75, 3.05) is 26.3 Å². The molecule has 14 heavy (non-hydrogen) atoms. The molecular weight excluding hydrogens is 182 g/mol. The van der Waals surface area contributed by atoms with E-state index in [4.69, 9.17) is 9.84 Å². The van der Waals surface area contributed by atoms with Crippen molar-refractivity contribution in [1.29, 1.82) is 0 Å². The highest BCUT2D eigenvalue weighted by molar-refractivity contribution is 4.72. The molecular formula is C10H21NO3. The van der Waals surface area contributed by atoms with Gasteiger partial charge in [-0.25, -0.2) is 0 Å². The van der Waals surface area contributed by atoms with E-state index in [9.17, 15) is 5.11 Å². The van der Waals surface area contributed by atoms with E-state index >= 15 is 0 Å². The van der Waals surface area contributed by atoms with Crippen LogP contribution in [0.25, 0.3) is 0 Å². The minimum Gasteiger partial charge on any atom is -0.392 e. The average molecular weight is 203 g/mol. The van der Waals surface area contributed by atoms with Crippen molar-refractivity contribution < 1.29 is 14.9 Å². The van der Waals surface area contributed by atoms with Crippen LogP contribution in [0, 0.1) is 5.92 Å². The maximum absolute atomic E-state index is 9.43. The van der Waals surface area contributed by atoms with E-state index in [0.29, 0.717) is 19.7 Å². The van der Waals surface area contributed by atoms with Gasteiger partial charge in [-0.3, -0.25) is 0 Å². The van der Waals surface area contributed by atoms with Crippen LogP contribution < -0.4 is 5.32 Å². The maximum Gasteiger partial charge on any atom is 0.0897 e. The minimum atomic E-state index is -0.465. The van der Waals surface area contributed by atoms with Crippen LogP contribution in [0.15, 0.2) is 0 Å². The Kier molecular flexibility index (Phi) is 5.40. The first-order valence-electron chi connectivity index (χ1n) is 5.33. The Bertz CT molecular complexity index is 140. The molecule has 0 aliphatic heterocycles. The number of nitrogens with one attached hydrogen (secondary N) is 1. The summed E-state index contributed by atoms with van der Waals surface area (Å²) in [4.78, 5) is 0. The van der Waals surface area contributed by atoms with Crippen LogP contribution >= 0.6 is 0 Å². The maximum atomic E-state index is 9.43. The van der Waals surface area contributed by atoms with E-state index in [-0.39, 0.29) is 6.10 Å². The quantitative estimate of drug-likeness (QED) is 0.509. The summed E-state index contributed by atoms with van der Waals surface area (Å²) < 4.78 is 5.32. The molecule has 0 amide bonds. The molecule has 2 atom stereocenters. The second-order valence-corrected chi connectivity index (χ2v) is 4.14. The topological polar surface area (TPSA) is 61.7 Å². The molecule has 4 heteroatoms. The Morgan fingerprint density at radius 3 is 2.64 bits per heavy atom. The Hall–Kier alpha value is -0.160. The van der Waals surface area contributed by atoms with Gasteiger partial charge in [-0.2, -0.15) is 0 Å². The Morgan fingerprint density at radius 2 is 2.07 bits per heavy atom. The van der Waals surface area contributed by atoms with Gasteiger partial charge < -0.3 is 20.3 Å². The van der Waals surface area contributed by atoms with Crippen LogP contribution in [-0.2, 0) is 4.74 Å². The number of hydrogen-bond donors (Lipinski definition) is 3. The third kappa shape index (κ3) is 6.32.